The molecule has 1 atom stereocenters. The zero-order valence-electron chi connectivity index (χ0n) is 10.1. The predicted molar refractivity (Wildman–Crippen MR) is 69.0 cm³/mol. The van der Waals surface area contributed by atoms with Gasteiger partial charge in [0.2, 0.25) is 5.95 Å². The Balaban J connectivity index is 2.20. The molecule has 0 spiro atoms. The average molecular weight is 246 g/mol. The van der Waals surface area contributed by atoms with Gasteiger partial charge in [-0.3, -0.25) is 0 Å². The summed E-state index contributed by atoms with van der Waals surface area (Å²) in [5.41, 5.74) is 1.55. The monoisotopic (exact) mass is 246 g/mol. The summed E-state index contributed by atoms with van der Waals surface area (Å²) >= 11 is 0. The minimum atomic E-state index is -0.504. The van der Waals surface area contributed by atoms with Crippen LogP contribution in [0.1, 0.15) is 24.9 Å². The molecule has 1 heterocycles. The fourth-order valence-electron chi connectivity index (χ4n) is 1.84. The van der Waals surface area contributed by atoms with E-state index in [2.05, 4.69) is 10.3 Å². The van der Waals surface area contributed by atoms with E-state index >= 15 is 0 Å². The molecule has 2 aromatic rings. The topological polar surface area (TPSA) is 45.2 Å². The number of halogens is 1. The first-order valence-corrected chi connectivity index (χ1v) is 5.86. The molecule has 2 N–H and O–H groups in total. The zero-order chi connectivity index (χ0) is 13.0. The number of aromatic hydroxyl groups is 1. The number of hydrogen-bond acceptors (Lipinski definition) is 3. The van der Waals surface area contributed by atoms with Crippen LogP contribution >= 0.6 is 0 Å². The van der Waals surface area contributed by atoms with Gasteiger partial charge in [-0.15, -0.1) is 0 Å². The largest absolute Gasteiger partial charge is 0.508 e. The second-order valence-electron chi connectivity index (χ2n) is 4.03. The van der Waals surface area contributed by atoms with Gasteiger partial charge in [0.15, 0.2) is 0 Å². The van der Waals surface area contributed by atoms with E-state index in [4.69, 9.17) is 0 Å². The Morgan fingerprint density at radius 1 is 1.28 bits per heavy atom. The Morgan fingerprint density at radius 3 is 2.67 bits per heavy atom. The minimum absolute atomic E-state index is 0.0292. The van der Waals surface area contributed by atoms with Crippen molar-refractivity contribution in [2.45, 2.75) is 19.4 Å². The molecule has 1 aromatic carbocycles. The highest BCUT2D eigenvalue weighted by Gasteiger charge is 2.12. The lowest BCUT2D eigenvalue weighted by Gasteiger charge is -2.19. The fraction of sp³-hybridized carbons (Fsp3) is 0.214. The van der Waals surface area contributed by atoms with Gasteiger partial charge < -0.3 is 10.4 Å². The van der Waals surface area contributed by atoms with E-state index in [1.807, 2.05) is 19.1 Å². The third-order valence-electron chi connectivity index (χ3n) is 2.79. The van der Waals surface area contributed by atoms with Crippen LogP contribution in [0.25, 0.3) is 0 Å². The van der Waals surface area contributed by atoms with Crippen molar-refractivity contribution in [1.29, 1.82) is 0 Å². The number of rotatable bonds is 4. The summed E-state index contributed by atoms with van der Waals surface area (Å²) in [4.78, 5) is 3.59. The van der Waals surface area contributed by atoms with Crippen molar-refractivity contribution in [2.75, 3.05) is 5.32 Å². The number of pyridine rings is 1. The lowest BCUT2D eigenvalue weighted by Crippen LogP contribution is -2.10. The SMILES string of the molecule is CCC(Nc1ccc(F)nc1)c1ccccc1O. The van der Waals surface area contributed by atoms with Crippen LogP contribution in [-0.2, 0) is 0 Å². The standard InChI is InChI=1S/C14H15FN2O/c1-2-12(11-5-3-4-6-13(11)18)17-10-7-8-14(15)16-9-10/h3-9,12,17-18H,2H2,1H3. The number of hydrogen-bond donors (Lipinski definition) is 2. The molecule has 0 aliphatic carbocycles. The zero-order valence-corrected chi connectivity index (χ0v) is 10.1. The molecule has 0 saturated carbocycles. The second-order valence-corrected chi connectivity index (χ2v) is 4.03. The summed E-state index contributed by atoms with van der Waals surface area (Å²) in [6.07, 6.45) is 2.24. The smallest absolute Gasteiger partial charge is 0.212 e. The third-order valence-corrected chi connectivity index (χ3v) is 2.79. The maximum Gasteiger partial charge on any atom is 0.212 e. The van der Waals surface area contributed by atoms with Crippen molar-refractivity contribution in [3.05, 3.63) is 54.1 Å². The Hall–Kier alpha value is -2.10. The van der Waals surface area contributed by atoms with E-state index in [1.54, 1.807) is 18.2 Å². The van der Waals surface area contributed by atoms with Crippen molar-refractivity contribution in [2.24, 2.45) is 0 Å². The molecule has 2 rings (SSSR count). The van der Waals surface area contributed by atoms with Gasteiger partial charge in [0.05, 0.1) is 17.9 Å². The molecule has 4 heteroatoms. The van der Waals surface area contributed by atoms with E-state index in [0.717, 1.165) is 17.7 Å². The predicted octanol–water partition coefficient (Wildman–Crippen LogP) is 3.49. The summed E-state index contributed by atoms with van der Waals surface area (Å²) < 4.78 is 12.7. The maximum absolute atomic E-state index is 12.7. The number of aromatic nitrogens is 1. The van der Waals surface area contributed by atoms with Gasteiger partial charge in [-0.05, 0) is 24.6 Å². The van der Waals surface area contributed by atoms with Crippen LogP contribution in [0.4, 0.5) is 10.1 Å². The van der Waals surface area contributed by atoms with Gasteiger partial charge in [-0.25, -0.2) is 4.98 Å². The van der Waals surface area contributed by atoms with Gasteiger partial charge in [-0.1, -0.05) is 25.1 Å². The van der Waals surface area contributed by atoms with Crippen molar-refractivity contribution in [1.82, 2.24) is 4.98 Å². The molecule has 1 aromatic heterocycles. The van der Waals surface area contributed by atoms with E-state index in [1.165, 1.54) is 12.3 Å². The van der Waals surface area contributed by atoms with Crippen LogP contribution in [0.5, 0.6) is 5.75 Å². The van der Waals surface area contributed by atoms with Crippen LogP contribution in [0.2, 0.25) is 0 Å². The first kappa shape index (κ1) is 12.4. The molecular weight excluding hydrogens is 231 g/mol. The lowest BCUT2D eigenvalue weighted by molar-refractivity contribution is 0.462. The van der Waals surface area contributed by atoms with Gasteiger partial charge in [-0.2, -0.15) is 4.39 Å². The number of benzene rings is 1. The number of anilines is 1. The molecule has 0 amide bonds. The number of phenols is 1. The molecular formula is C14H15FN2O. The highest BCUT2D eigenvalue weighted by molar-refractivity contribution is 5.45. The number of para-hydroxylation sites is 1. The van der Waals surface area contributed by atoms with Gasteiger partial charge in [0.1, 0.15) is 5.75 Å². The first-order valence-electron chi connectivity index (χ1n) is 5.86. The molecule has 94 valence electrons. The molecule has 0 radical (unpaired) electrons. The van der Waals surface area contributed by atoms with E-state index in [-0.39, 0.29) is 11.8 Å². The number of phenolic OH excluding ortho intramolecular Hbond substituents is 1. The Kier molecular flexibility index (Phi) is 3.77. The van der Waals surface area contributed by atoms with Crippen LogP contribution in [0, 0.1) is 5.95 Å². The maximum atomic E-state index is 12.7. The lowest BCUT2D eigenvalue weighted by atomic mass is 10.0. The van der Waals surface area contributed by atoms with Crippen LogP contribution in [0.15, 0.2) is 42.6 Å². The average Bonchev–Trinajstić information content (AvgIpc) is 2.39. The van der Waals surface area contributed by atoms with Crippen molar-refractivity contribution in [3.8, 4) is 5.75 Å². The first-order chi connectivity index (χ1) is 8.70. The van der Waals surface area contributed by atoms with Crippen molar-refractivity contribution >= 4 is 5.69 Å². The van der Waals surface area contributed by atoms with E-state index in [0.29, 0.717) is 0 Å². The molecule has 0 fully saturated rings. The van der Waals surface area contributed by atoms with Gasteiger partial charge in [0, 0.05) is 5.56 Å². The Bertz CT molecular complexity index is 513. The second kappa shape index (κ2) is 5.49. The molecule has 0 bridgehead atoms. The molecule has 3 nitrogen and oxygen atoms in total. The summed E-state index contributed by atoms with van der Waals surface area (Å²) in [6.45, 7) is 2.01. The molecule has 18 heavy (non-hydrogen) atoms. The number of nitrogens with one attached hydrogen (secondary N) is 1. The molecule has 0 aliphatic rings. The summed E-state index contributed by atoms with van der Waals surface area (Å²) in [7, 11) is 0. The van der Waals surface area contributed by atoms with Gasteiger partial charge in [0.25, 0.3) is 0 Å². The molecule has 1 unspecified atom stereocenters. The van der Waals surface area contributed by atoms with E-state index in [9.17, 15) is 9.50 Å². The normalized spacial score (nSPS) is 12.1. The number of nitrogens with zero attached hydrogens (tertiary/aromatic N) is 1. The third kappa shape index (κ3) is 2.77. The summed E-state index contributed by atoms with van der Waals surface area (Å²) in [5.74, 6) is -0.247. The fourth-order valence-corrected chi connectivity index (χ4v) is 1.84. The summed E-state index contributed by atoms with van der Waals surface area (Å²) in [5, 5.41) is 13.0. The van der Waals surface area contributed by atoms with Crippen molar-refractivity contribution < 1.29 is 9.50 Å². The minimum Gasteiger partial charge on any atom is -0.508 e. The van der Waals surface area contributed by atoms with Gasteiger partial charge >= 0.3 is 0 Å². The van der Waals surface area contributed by atoms with Crippen LogP contribution < -0.4 is 5.32 Å². The highest BCUT2D eigenvalue weighted by atomic mass is 19.1. The van der Waals surface area contributed by atoms with E-state index < -0.39 is 5.95 Å². The van der Waals surface area contributed by atoms with Crippen LogP contribution in [0.3, 0.4) is 0 Å². The van der Waals surface area contributed by atoms with Crippen molar-refractivity contribution in [3.63, 3.8) is 0 Å². The Labute approximate surface area is 105 Å². The quantitative estimate of drug-likeness (QED) is 0.812. The summed E-state index contributed by atoms with van der Waals surface area (Å²) in [6, 6.07) is 10.1. The highest BCUT2D eigenvalue weighted by Crippen LogP contribution is 2.28. The Morgan fingerprint density at radius 2 is 2.06 bits per heavy atom. The van der Waals surface area contributed by atoms with Crippen LogP contribution in [-0.4, -0.2) is 10.1 Å². The molecule has 0 aliphatic heterocycles. The molecule has 0 saturated heterocycles.